The molecule has 0 spiro atoms. The molecule has 172 valence electrons. The van der Waals surface area contributed by atoms with Crippen molar-refractivity contribution in [2.45, 2.75) is 43.7 Å². The van der Waals surface area contributed by atoms with Crippen LogP contribution >= 0.6 is 11.6 Å². The average Bonchev–Trinajstić information content (AvgIpc) is 2.80. The Hall–Kier alpha value is -2.28. The van der Waals surface area contributed by atoms with Crippen LogP contribution < -0.4 is 14.8 Å². The van der Waals surface area contributed by atoms with E-state index in [-0.39, 0.29) is 24.4 Å². The molecule has 1 saturated carbocycles. The van der Waals surface area contributed by atoms with Crippen LogP contribution in [0.25, 0.3) is 0 Å². The first-order valence-electron chi connectivity index (χ1n) is 11.2. The molecule has 1 aliphatic carbocycles. The van der Waals surface area contributed by atoms with Crippen molar-refractivity contribution in [3.63, 3.8) is 0 Å². The number of ether oxygens (including phenoxy) is 2. The standard InChI is InChI=1S/C25H31ClN2O4/c1-31-21-11-6-17(15-22(21)32-2)24-20-5-3-4-12-25(20,30)13-14-28(24)16-23(29)27-19-9-7-18(26)8-10-19/h6-11,15,20,24,30H,3-5,12-14,16H2,1-2H3,(H,27,29). The van der Waals surface area contributed by atoms with Gasteiger partial charge in [-0.1, -0.05) is 30.5 Å². The number of nitrogens with one attached hydrogen (secondary N) is 1. The van der Waals surface area contributed by atoms with Gasteiger partial charge in [-0.15, -0.1) is 0 Å². The number of carbonyl (C=O) groups is 1. The number of fused-ring (bicyclic) bond motifs is 1. The fourth-order valence-electron chi connectivity index (χ4n) is 5.32. The third kappa shape index (κ3) is 4.72. The molecule has 2 aromatic rings. The van der Waals surface area contributed by atoms with E-state index in [2.05, 4.69) is 10.2 Å². The molecule has 7 heteroatoms. The maximum atomic E-state index is 12.9. The van der Waals surface area contributed by atoms with Gasteiger partial charge >= 0.3 is 0 Å². The van der Waals surface area contributed by atoms with Crippen LogP contribution in [0.4, 0.5) is 5.69 Å². The topological polar surface area (TPSA) is 71.0 Å². The lowest BCUT2D eigenvalue weighted by atomic mass is 9.66. The zero-order chi connectivity index (χ0) is 22.7. The summed E-state index contributed by atoms with van der Waals surface area (Å²) < 4.78 is 10.9. The Morgan fingerprint density at radius 1 is 1.12 bits per heavy atom. The highest BCUT2D eigenvalue weighted by molar-refractivity contribution is 6.30. The first kappa shape index (κ1) is 22.9. The van der Waals surface area contributed by atoms with E-state index in [4.69, 9.17) is 21.1 Å². The van der Waals surface area contributed by atoms with Gasteiger partial charge in [-0.3, -0.25) is 9.69 Å². The monoisotopic (exact) mass is 458 g/mol. The SMILES string of the molecule is COc1ccc(C2C3CCCCC3(O)CCN2CC(=O)Nc2ccc(Cl)cc2)cc1OC. The van der Waals surface area contributed by atoms with Gasteiger partial charge in [0.15, 0.2) is 11.5 Å². The van der Waals surface area contributed by atoms with Crippen LogP contribution in [-0.4, -0.2) is 48.8 Å². The Kier molecular flexibility index (Phi) is 6.93. The summed E-state index contributed by atoms with van der Waals surface area (Å²) in [5.41, 5.74) is 1.05. The Balaban J connectivity index is 1.61. The van der Waals surface area contributed by atoms with Gasteiger partial charge in [-0.05, 0) is 61.2 Å². The molecule has 0 aromatic heterocycles. The lowest BCUT2D eigenvalue weighted by Crippen LogP contribution is -2.56. The number of rotatable bonds is 6. The third-order valence-electron chi connectivity index (χ3n) is 6.90. The van der Waals surface area contributed by atoms with Crippen LogP contribution in [0.3, 0.4) is 0 Å². The molecule has 2 N–H and O–H groups in total. The van der Waals surface area contributed by atoms with Crippen LogP contribution in [-0.2, 0) is 4.79 Å². The van der Waals surface area contributed by atoms with Crippen molar-refractivity contribution in [1.82, 2.24) is 4.90 Å². The lowest BCUT2D eigenvalue weighted by molar-refractivity contribution is -0.135. The van der Waals surface area contributed by atoms with Crippen LogP contribution in [0.15, 0.2) is 42.5 Å². The highest BCUT2D eigenvalue weighted by Crippen LogP contribution is 2.50. The fraction of sp³-hybridized carbons (Fsp3) is 0.480. The van der Waals surface area contributed by atoms with Gasteiger partial charge < -0.3 is 19.9 Å². The number of aliphatic hydroxyl groups is 1. The van der Waals surface area contributed by atoms with Gasteiger partial charge in [0.1, 0.15) is 0 Å². The smallest absolute Gasteiger partial charge is 0.238 e. The summed E-state index contributed by atoms with van der Waals surface area (Å²) in [5, 5.41) is 15.1. The first-order chi connectivity index (χ1) is 15.4. The van der Waals surface area contributed by atoms with Crippen LogP contribution in [0.1, 0.15) is 43.7 Å². The minimum atomic E-state index is -0.695. The predicted molar refractivity (Wildman–Crippen MR) is 125 cm³/mol. The fourth-order valence-corrected chi connectivity index (χ4v) is 5.44. The van der Waals surface area contributed by atoms with Crippen molar-refractivity contribution >= 4 is 23.2 Å². The first-order valence-corrected chi connectivity index (χ1v) is 11.5. The van der Waals surface area contributed by atoms with Crippen LogP contribution in [0, 0.1) is 5.92 Å². The normalized spacial score (nSPS) is 25.6. The molecule has 2 aromatic carbocycles. The Labute approximate surface area is 194 Å². The number of likely N-dealkylation sites (tertiary alicyclic amines) is 1. The number of hydrogen-bond acceptors (Lipinski definition) is 5. The van der Waals surface area contributed by atoms with Gasteiger partial charge in [0.25, 0.3) is 0 Å². The van der Waals surface area contributed by atoms with Gasteiger partial charge in [0, 0.05) is 29.2 Å². The molecule has 3 atom stereocenters. The van der Waals surface area contributed by atoms with Crippen molar-refractivity contribution in [2.75, 3.05) is 32.6 Å². The van der Waals surface area contributed by atoms with Crippen molar-refractivity contribution < 1.29 is 19.4 Å². The Morgan fingerprint density at radius 2 is 1.88 bits per heavy atom. The summed E-state index contributed by atoms with van der Waals surface area (Å²) in [7, 11) is 3.24. The van der Waals surface area contributed by atoms with E-state index in [0.717, 1.165) is 31.2 Å². The molecule has 0 radical (unpaired) electrons. The third-order valence-corrected chi connectivity index (χ3v) is 7.15. The molecule has 2 aliphatic rings. The summed E-state index contributed by atoms with van der Waals surface area (Å²) in [4.78, 5) is 15.1. The number of methoxy groups -OCH3 is 2. The van der Waals surface area contributed by atoms with Gasteiger partial charge in [0.2, 0.25) is 5.91 Å². The second-order valence-electron chi connectivity index (χ2n) is 8.79. The number of anilines is 1. The summed E-state index contributed by atoms with van der Waals surface area (Å²) in [5.74, 6) is 1.30. The summed E-state index contributed by atoms with van der Waals surface area (Å²) >= 11 is 5.95. The molecule has 1 saturated heterocycles. The quantitative estimate of drug-likeness (QED) is 0.658. The van der Waals surface area contributed by atoms with Crippen molar-refractivity contribution in [3.8, 4) is 11.5 Å². The van der Waals surface area contributed by atoms with Gasteiger partial charge in [-0.25, -0.2) is 0 Å². The largest absolute Gasteiger partial charge is 0.493 e. The average molecular weight is 459 g/mol. The van der Waals surface area contributed by atoms with E-state index in [1.807, 2.05) is 18.2 Å². The molecule has 3 unspecified atom stereocenters. The molecule has 4 rings (SSSR count). The van der Waals surface area contributed by atoms with Gasteiger partial charge in [0.05, 0.1) is 26.4 Å². The molecule has 1 aliphatic heterocycles. The minimum Gasteiger partial charge on any atom is -0.493 e. The molecule has 32 heavy (non-hydrogen) atoms. The summed E-state index contributed by atoms with van der Waals surface area (Å²) in [6.45, 7) is 0.897. The zero-order valence-electron chi connectivity index (χ0n) is 18.6. The van der Waals surface area contributed by atoms with Crippen molar-refractivity contribution in [1.29, 1.82) is 0 Å². The molecule has 0 bridgehead atoms. The van der Waals surface area contributed by atoms with E-state index in [0.29, 0.717) is 35.2 Å². The highest BCUT2D eigenvalue weighted by Gasteiger charge is 2.49. The lowest BCUT2D eigenvalue weighted by Gasteiger charge is -2.52. The van der Waals surface area contributed by atoms with Crippen molar-refractivity contribution in [2.24, 2.45) is 5.92 Å². The minimum absolute atomic E-state index is 0.0615. The maximum Gasteiger partial charge on any atom is 0.238 e. The second kappa shape index (κ2) is 9.69. The maximum absolute atomic E-state index is 12.9. The van der Waals surface area contributed by atoms with E-state index in [1.54, 1.807) is 38.5 Å². The van der Waals surface area contributed by atoms with Crippen molar-refractivity contribution in [3.05, 3.63) is 53.1 Å². The van der Waals surface area contributed by atoms with E-state index < -0.39 is 5.60 Å². The number of amides is 1. The number of benzene rings is 2. The Bertz CT molecular complexity index is 951. The number of nitrogens with zero attached hydrogens (tertiary/aromatic N) is 1. The number of carbonyl (C=O) groups excluding carboxylic acids is 1. The molecule has 2 fully saturated rings. The molecule has 1 amide bonds. The Morgan fingerprint density at radius 3 is 2.59 bits per heavy atom. The number of piperidine rings is 1. The molecule has 1 heterocycles. The molecular formula is C25H31ClN2O4. The summed E-state index contributed by atoms with van der Waals surface area (Å²) in [6, 6.07) is 12.9. The molecule has 6 nitrogen and oxygen atoms in total. The van der Waals surface area contributed by atoms with Crippen LogP contribution in [0.5, 0.6) is 11.5 Å². The van der Waals surface area contributed by atoms with Crippen LogP contribution in [0.2, 0.25) is 5.02 Å². The molecular weight excluding hydrogens is 428 g/mol. The summed E-state index contributed by atoms with van der Waals surface area (Å²) in [6.07, 6.45) is 4.55. The van der Waals surface area contributed by atoms with E-state index >= 15 is 0 Å². The van der Waals surface area contributed by atoms with E-state index in [9.17, 15) is 9.90 Å². The highest BCUT2D eigenvalue weighted by atomic mass is 35.5. The van der Waals surface area contributed by atoms with E-state index in [1.165, 1.54) is 0 Å². The zero-order valence-corrected chi connectivity index (χ0v) is 19.4. The number of hydrogen-bond donors (Lipinski definition) is 2. The predicted octanol–water partition coefficient (Wildman–Crippen LogP) is 4.66. The number of halogens is 1. The second-order valence-corrected chi connectivity index (χ2v) is 9.23. The van der Waals surface area contributed by atoms with Gasteiger partial charge in [-0.2, -0.15) is 0 Å².